The number of esters is 1. The maximum Gasteiger partial charge on any atom is 0.330 e. The zero-order valence-electron chi connectivity index (χ0n) is 8.58. The van der Waals surface area contributed by atoms with E-state index in [1.54, 1.807) is 4.68 Å². The Balaban J connectivity index is 2.56. The van der Waals surface area contributed by atoms with Crippen LogP contribution in [0.2, 0.25) is 0 Å². The van der Waals surface area contributed by atoms with Crippen molar-refractivity contribution in [2.24, 2.45) is 12.8 Å². The van der Waals surface area contributed by atoms with E-state index in [2.05, 4.69) is 21.0 Å². The molecule has 0 bridgehead atoms. The van der Waals surface area contributed by atoms with Crippen LogP contribution in [0.25, 0.3) is 0 Å². The summed E-state index contributed by atoms with van der Waals surface area (Å²) in [5, 5.41) is 4.19. The molecule has 2 rings (SSSR count). The number of nitrogens with two attached hydrogens (primary N) is 1. The van der Waals surface area contributed by atoms with Gasteiger partial charge < -0.3 is 10.5 Å². The molecule has 0 amide bonds. The number of hydrogen-bond donors (Lipinski definition) is 1. The number of nitrogens with zero attached hydrogens (tertiary/aromatic N) is 2. The Morgan fingerprint density at radius 3 is 3.00 bits per heavy atom. The smallest absolute Gasteiger partial charge is 0.330 e. The Morgan fingerprint density at radius 1 is 1.73 bits per heavy atom. The van der Waals surface area contributed by atoms with Crippen molar-refractivity contribution in [1.82, 2.24) is 9.78 Å². The Labute approximate surface area is 95.7 Å². The summed E-state index contributed by atoms with van der Waals surface area (Å²) in [6, 6.07) is 0. The standard InChI is InChI=1S/C9H12BrN3O2/c1-13-5-3-4-9(11,8(14)15-2)6(5)7(10)12-13/h3-4,11H2,1-2H3. The average Bonchev–Trinajstić information content (AvgIpc) is 2.68. The summed E-state index contributed by atoms with van der Waals surface area (Å²) in [4.78, 5) is 11.7. The lowest BCUT2D eigenvalue weighted by Crippen LogP contribution is -2.43. The van der Waals surface area contributed by atoms with E-state index in [0.717, 1.165) is 17.7 Å². The molecule has 1 aliphatic rings. The molecule has 0 aliphatic heterocycles. The highest BCUT2D eigenvalue weighted by Crippen LogP contribution is 2.39. The molecule has 1 atom stereocenters. The van der Waals surface area contributed by atoms with Gasteiger partial charge in [-0.2, -0.15) is 5.10 Å². The number of fused-ring (bicyclic) bond motifs is 1. The molecular formula is C9H12BrN3O2. The number of aromatic nitrogens is 2. The van der Waals surface area contributed by atoms with Crippen LogP contribution in [0.1, 0.15) is 17.7 Å². The molecule has 1 aliphatic carbocycles. The van der Waals surface area contributed by atoms with Crippen molar-refractivity contribution in [3.8, 4) is 0 Å². The number of methoxy groups -OCH3 is 1. The lowest BCUT2D eigenvalue weighted by Gasteiger charge is -2.20. The molecule has 0 aromatic carbocycles. The summed E-state index contributed by atoms with van der Waals surface area (Å²) in [5.74, 6) is -0.407. The lowest BCUT2D eigenvalue weighted by molar-refractivity contribution is -0.147. The molecule has 1 unspecified atom stereocenters. The molecule has 5 nitrogen and oxygen atoms in total. The monoisotopic (exact) mass is 273 g/mol. The van der Waals surface area contributed by atoms with Crippen molar-refractivity contribution < 1.29 is 9.53 Å². The maximum absolute atomic E-state index is 11.7. The van der Waals surface area contributed by atoms with Crippen LogP contribution in [0.3, 0.4) is 0 Å². The summed E-state index contributed by atoms with van der Waals surface area (Å²) in [6.07, 6.45) is 1.31. The summed E-state index contributed by atoms with van der Waals surface area (Å²) >= 11 is 3.32. The fourth-order valence-corrected chi connectivity index (χ4v) is 2.90. The van der Waals surface area contributed by atoms with Crippen LogP contribution in [0, 0.1) is 0 Å². The van der Waals surface area contributed by atoms with Crippen LogP contribution in [0.4, 0.5) is 0 Å². The van der Waals surface area contributed by atoms with Crippen molar-refractivity contribution in [1.29, 1.82) is 0 Å². The van der Waals surface area contributed by atoms with Crippen LogP contribution in [-0.4, -0.2) is 22.9 Å². The van der Waals surface area contributed by atoms with E-state index < -0.39 is 11.5 Å². The van der Waals surface area contributed by atoms with Gasteiger partial charge in [0.05, 0.1) is 7.11 Å². The van der Waals surface area contributed by atoms with E-state index in [9.17, 15) is 4.79 Å². The third-order valence-electron chi connectivity index (χ3n) is 2.88. The van der Waals surface area contributed by atoms with Gasteiger partial charge in [0.25, 0.3) is 0 Å². The first-order valence-electron chi connectivity index (χ1n) is 4.60. The van der Waals surface area contributed by atoms with Gasteiger partial charge >= 0.3 is 5.97 Å². The number of rotatable bonds is 1. The highest BCUT2D eigenvalue weighted by atomic mass is 79.9. The number of hydrogen-bond acceptors (Lipinski definition) is 4. The average molecular weight is 274 g/mol. The fraction of sp³-hybridized carbons (Fsp3) is 0.556. The second-order valence-electron chi connectivity index (χ2n) is 3.70. The van der Waals surface area contributed by atoms with Gasteiger partial charge in [0, 0.05) is 18.3 Å². The third kappa shape index (κ3) is 1.32. The van der Waals surface area contributed by atoms with Crippen LogP contribution in [-0.2, 0) is 28.5 Å². The molecule has 15 heavy (non-hydrogen) atoms. The van der Waals surface area contributed by atoms with Gasteiger partial charge in [0.15, 0.2) is 0 Å². The molecule has 0 fully saturated rings. The predicted octanol–water partition coefficient (Wildman–Crippen LogP) is 0.456. The number of halogens is 1. The molecule has 1 heterocycles. The number of aryl methyl sites for hydroxylation is 1. The molecule has 1 aromatic heterocycles. The molecule has 2 N–H and O–H groups in total. The summed E-state index contributed by atoms with van der Waals surface area (Å²) in [7, 11) is 3.19. The second kappa shape index (κ2) is 3.31. The number of carbonyl (C=O) groups is 1. The normalized spacial score (nSPS) is 24.0. The topological polar surface area (TPSA) is 70.1 Å². The van der Waals surface area contributed by atoms with Gasteiger partial charge in [0.2, 0.25) is 0 Å². The Hall–Kier alpha value is -0.880. The summed E-state index contributed by atoms with van der Waals surface area (Å²) in [6.45, 7) is 0. The summed E-state index contributed by atoms with van der Waals surface area (Å²) in [5.41, 5.74) is 6.79. The minimum Gasteiger partial charge on any atom is -0.467 e. The molecule has 82 valence electrons. The Morgan fingerprint density at radius 2 is 2.40 bits per heavy atom. The quantitative estimate of drug-likeness (QED) is 0.755. The van der Waals surface area contributed by atoms with Crippen LogP contribution in [0.15, 0.2) is 4.60 Å². The summed E-state index contributed by atoms with van der Waals surface area (Å²) < 4.78 is 7.11. The van der Waals surface area contributed by atoms with Gasteiger partial charge in [-0.1, -0.05) is 0 Å². The zero-order valence-corrected chi connectivity index (χ0v) is 10.2. The number of ether oxygens (including phenoxy) is 1. The number of carbonyl (C=O) groups excluding carboxylic acids is 1. The second-order valence-corrected chi connectivity index (χ2v) is 4.45. The van der Waals surface area contributed by atoms with Crippen LogP contribution < -0.4 is 5.73 Å². The van der Waals surface area contributed by atoms with Crippen molar-refractivity contribution in [3.05, 3.63) is 15.9 Å². The first-order chi connectivity index (χ1) is 7.00. The minimum absolute atomic E-state index is 0.407. The zero-order chi connectivity index (χ0) is 11.2. The van der Waals surface area contributed by atoms with Gasteiger partial charge in [-0.05, 0) is 28.8 Å². The molecule has 0 saturated carbocycles. The van der Waals surface area contributed by atoms with E-state index in [0.29, 0.717) is 11.0 Å². The van der Waals surface area contributed by atoms with E-state index in [-0.39, 0.29) is 0 Å². The van der Waals surface area contributed by atoms with Gasteiger partial charge in [-0.15, -0.1) is 0 Å². The molecule has 1 aromatic rings. The van der Waals surface area contributed by atoms with Crippen molar-refractivity contribution in [3.63, 3.8) is 0 Å². The SMILES string of the molecule is COC(=O)C1(N)CCc2c1c(Br)nn2C. The molecule has 0 radical (unpaired) electrons. The molecular weight excluding hydrogens is 262 g/mol. The van der Waals surface area contributed by atoms with Crippen molar-refractivity contribution >= 4 is 21.9 Å². The van der Waals surface area contributed by atoms with Crippen LogP contribution in [0.5, 0.6) is 0 Å². The molecule has 0 saturated heterocycles. The third-order valence-corrected chi connectivity index (χ3v) is 3.43. The van der Waals surface area contributed by atoms with Crippen molar-refractivity contribution in [2.45, 2.75) is 18.4 Å². The van der Waals surface area contributed by atoms with E-state index in [1.165, 1.54) is 7.11 Å². The highest BCUT2D eigenvalue weighted by Gasteiger charge is 2.46. The predicted molar refractivity (Wildman–Crippen MR) is 57.1 cm³/mol. The highest BCUT2D eigenvalue weighted by molar-refractivity contribution is 9.10. The fourth-order valence-electron chi connectivity index (χ4n) is 2.08. The Bertz CT molecular complexity index is 429. The van der Waals surface area contributed by atoms with Crippen LogP contribution >= 0.6 is 15.9 Å². The first-order valence-corrected chi connectivity index (χ1v) is 5.39. The van der Waals surface area contributed by atoms with E-state index in [4.69, 9.17) is 10.5 Å². The van der Waals surface area contributed by atoms with Crippen molar-refractivity contribution in [2.75, 3.05) is 7.11 Å². The largest absolute Gasteiger partial charge is 0.467 e. The first kappa shape index (κ1) is 10.6. The van der Waals surface area contributed by atoms with Gasteiger partial charge in [0.1, 0.15) is 10.1 Å². The molecule has 6 heteroatoms. The minimum atomic E-state index is -1.04. The molecule has 0 spiro atoms. The van der Waals surface area contributed by atoms with E-state index in [1.807, 2.05) is 7.05 Å². The maximum atomic E-state index is 11.7. The van der Waals surface area contributed by atoms with Gasteiger partial charge in [-0.3, -0.25) is 4.68 Å². The van der Waals surface area contributed by atoms with E-state index >= 15 is 0 Å². The lowest BCUT2D eigenvalue weighted by atomic mass is 9.95. The Kier molecular flexibility index (Phi) is 2.35. The van der Waals surface area contributed by atoms with Gasteiger partial charge in [-0.25, -0.2) is 4.79 Å².